The number of fused-ring (bicyclic) bond motifs is 1. The van der Waals surface area contributed by atoms with Crippen LogP contribution in [0.3, 0.4) is 0 Å². The van der Waals surface area contributed by atoms with E-state index in [1.54, 1.807) is 6.07 Å². The number of primary amides is 1. The van der Waals surface area contributed by atoms with Crippen molar-refractivity contribution in [3.05, 3.63) is 50.7 Å². The molecule has 0 saturated heterocycles. The molecule has 0 unspecified atom stereocenters. The number of amides is 1. The number of ether oxygens (including phenoxy) is 1. The van der Waals surface area contributed by atoms with Gasteiger partial charge in [0.05, 0.1) is 17.9 Å². The highest BCUT2D eigenvalue weighted by Gasteiger charge is 2.27. The molecule has 29 heavy (non-hydrogen) atoms. The third-order valence-electron chi connectivity index (χ3n) is 4.65. The van der Waals surface area contributed by atoms with Crippen molar-refractivity contribution in [2.24, 2.45) is 11.7 Å². The smallest absolute Gasteiger partial charge is 0.340 e. The third kappa shape index (κ3) is 4.04. The first-order chi connectivity index (χ1) is 13.8. The van der Waals surface area contributed by atoms with Crippen LogP contribution in [0.5, 0.6) is 0 Å². The van der Waals surface area contributed by atoms with E-state index in [0.717, 1.165) is 22.0 Å². The lowest BCUT2D eigenvalue weighted by Gasteiger charge is -2.15. The SMILES string of the molecule is Cc1cc(I)ccc1Nc1c(C(=O)OCC2CC2)cc2oc(C(N)=O)nc2c1F. The highest BCUT2D eigenvalue weighted by molar-refractivity contribution is 14.1. The second-order valence-corrected chi connectivity index (χ2v) is 8.21. The number of hydrogen-bond acceptors (Lipinski definition) is 6. The minimum atomic E-state index is -0.929. The molecule has 0 radical (unpaired) electrons. The van der Waals surface area contributed by atoms with Gasteiger partial charge in [-0.2, -0.15) is 0 Å². The lowest BCUT2D eigenvalue weighted by Crippen LogP contribution is -2.12. The second kappa shape index (κ2) is 7.62. The molecule has 1 amide bonds. The average Bonchev–Trinajstić information content (AvgIpc) is 3.40. The van der Waals surface area contributed by atoms with Crippen molar-refractivity contribution < 1.29 is 23.1 Å². The van der Waals surface area contributed by atoms with Crippen LogP contribution in [0.15, 0.2) is 28.7 Å². The van der Waals surface area contributed by atoms with Crippen LogP contribution in [0.25, 0.3) is 11.1 Å². The van der Waals surface area contributed by atoms with E-state index in [2.05, 4.69) is 32.9 Å². The highest BCUT2D eigenvalue weighted by atomic mass is 127. The number of nitrogens with two attached hydrogens (primary N) is 1. The van der Waals surface area contributed by atoms with Gasteiger partial charge in [0, 0.05) is 9.26 Å². The number of benzene rings is 2. The Kier molecular flexibility index (Phi) is 5.15. The number of anilines is 2. The molecule has 0 aliphatic heterocycles. The molecule has 1 aromatic heterocycles. The summed E-state index contributed by atoms with van der Waals surface area (Å²) in [6.45, 7) is 2.15. The molecule has 1 saturated carbocycles. The molecule has 1 aliphatic carbocycles. The first-order valence-electron chi connectivity index (χ1n) is 8.96. The number of aromatic nitrogens is 1. The van der Waals surface area contributed by atoms with Gasteiger partial charge >= 0.3 is 11.9 Å². The number of carbonyl (C=O) groups excluding carboxylic acids is 2. The highest BCUT2D eigenvalue weighted by Crippen LogP contribution is 2.34. The number of rotatable bonds is 6. The molecule has 3 aromatic rings. The quantitative estimate of drug-likeness (QED) is 0.380. The Bertz CT molecular complexity index is 1140. The van der Waals surface area contributed by atoms with Crippen LogP contribution in [0.4, 0.5) is 15.8 Å². The molecule has 4 rings (SSSR count). The van der Waals surface area contributed by atoms with Crippen molar-refractivity contribution in [3.8, 4) is 0 Å². The van der Waals surface area contributed by atoms with Gasteiger partial charge in [-0.1, -0.05) is 0 Å². The first-order valence-corrected chi connectivity index (χ1v) is 10.0. The molecular weight excluding hydrogens is 492 g/mol. The molecule has 1 aliphatic rings. The zero-order chi connectivity index (χ0) is 20.7. The van der Waals surface area contributed by atoms with Crippen LogP contribution in [-0.4, -0.2) is 23.5 Å². The van der Waals surface area contributed by atoms with Gasteiger partial charge < -0.3 is 20.2 Å². The number of hydrogen-bond donors (Lipinski definition) is 2. The molecular formula is C20H17FIN3O4. The van der Waals surface area contributed by atoms with E-state index in [1.807, 2.05) is 19.1 Å². The maximum Gasteiger partial charge on any atom is 0.340 e. The van der Waals surface area contributed by atoms with Crippen LogP contribution >= 0.6 is 22.6 Å². The number of halogens is 2. The topological polar surface area (TPSA) is 107 Å². The largest absolute Gasteiger partial charge is 0.462 e. The normalized spacial score (nSPS) is 13.5. The van der Waals surface area contributed by atoms with Gasteiger partial charge in [0.25, 0.3) is 5.89 Å². The summed E-state index contributed by atoms with van der Waals surface area (Å²) in [6, 6.07) is 6.89. The second-order valence-electron chi connectivity index (χ2n) is 6.97. The maximum absolute atomic E-state index is 15.3. The van der Waals surface area contributed by atoms with Gasteiger partial charge in [0.2, 0.25) is 0 Å². The molecule has 150 valence electrons. The van der Waals surface area contributed by atoms with Crippen molar-refractivity contribution >= 4 is 56.9 Å². The summed E-state index contributed by atoms with van der Waals surface area (Å²) in [4.78, 5) is 27.9. The summed E-state index contributed by atoms with van der Waals surface area (Å²) in [6.07, 6.45) is 2.02. The third-order valence-corrected chi connectivity index (χ3v) is 5.32. The average molecular weight is 509 g/mol. The standard InChI is InChI=1S/C20H17FIN3O4/c1-9-6-11(22)4-5-13(9)24-16-12(20(27)28-8-10-2-3-10)7-14-17(15(16)21)25-19(29-14)18(23)26/h4-7,10,24H,2-3,8H2,1H3,(H2,23,26). The molecule has 1 fully saturated rings. The molecule has 7 nitrogen and oxygen atoms in total. The zero-order valence-electron chi connectivity index (χ0n) is 15.4. The van der Waals surface area contributed by atoms with Gasteiger partial charge in [0.1, 0.15) is 5.52 Å². The Labute approximate surface area is 178 Å². The lowest BCUT2D eigenvalue weighted by molar-refractivity contribution is 0.0487. The summed E-state index contributed by atoms with van der Waals surface area (Å²) in [7, 11) is 0. The Balaban J connectivity index is 1.81. The minimum Gasteiger partial charge on any atom is -0.462 e. The maximum atomic E-state index is 15.3. The summed E-state index contributed by atoms with van der Waals surface area (Å²) in [5, 5.41) is 2.97. The summed E-state index contributed by atoms with van der Waals surface area (Å²) in [5.74, 6) is -2.51. The van der Waals surface area contributed by atoms with E-state index >= 15 is 4.39 Å². The van der Waals surface area contributed by atoms with Crippen molar-refractivity contribution in [2.75, 3.05) is 11.9 Å². The predicted molar refractivity (Wildman–Crippen MR) is 113 cm³/mol. The Hall–Kier alpha value is -2.69. The fourth-order valence-electron chi connectivity index (χ4n) is 2.87. The van der Waals surface area contributed by atoms with Crippen LogP contribution in [0.2, 0.25) is 0 Å². The van der Waals surface area contributed by atoms with E-state index in [4.69, 9.17) is 14.9 Å². The van der Waals surface area contributed by atoms with Crippen LogP contribution in [-0.2, 0) is 4.74 Å². The van der Waals surface area contributed by atoms with E-state index in [9.17, 15) is 9.59 Å². The predicted octanol–water partition coefficient (Wildman–Crippen LogP) is 4.29. The molecule has 3 N–H and O–H groups in total. The van der Waals surface area contributed by atoms with Gasteiger partial charge in [-0.05, 0) is 78.1 Å². The van der Waals surface area contributed by atoms with Crippen molar-refractivity contribution in [1.82, 2.24) is 4.98 Å². The first kappa shape index (κ1) is 19.6. The lowest BCUT2D eigenvalue weighted by atomic mass is 10.1. The molecule has 0 spiro atoms. The van der Waals surface area contributed by atoms with Gasteiger partial charge in [-0.3, -0.25) is 4.79 Å². The molecule has 2 aromatic carbocycles. The van der Waals surface area contributed by atoms with E-state index in [1.165, 1.54) is 6.07 Å². The van der Waals surface area contributed by atoms with Gasteiger partial charge in [-0.25, -0.2) is 14.2 Å². The summed E-state index contributed by atoms with van der Waals surface area (Å²) < 4.78 is 26.9. The molecule has 0 bridgehead atoms. The Morgan fingerprint density at radius 2 is 2.14 bits per heavy atom. The molecule has 9 heteroatoms. The fourth-order valence-corrected chi connectivity index (χ4v) is 3.52. The van der Waals surface area contributed by atoms with Crippen LogP contribution in [0.1, 0.15) is 39.4 Å². The van der Waals surface area contributed by atoms with Crippen LogP contribution in [0, 0.1) is 22.2 Å². The molecule has 1 heterocycles. The van der Waals surface area contributed by atoms with Gasteiger partial charge in [0.15, 0.2) is 11.4 Å². The zero-order valence-corrected chi connectivity index (χ0v) is 17.6. The summed E-state index contributed by atoms with van der Waals surface area (Å²) >= 11 is 2.18. The van der Waals surface area contributed by atoms with Gasteiger partial charge in [-0.15, -0.1) is 0 Å². The fraction of sp³-hybridized carbons (Fsp3) is 0.250. The van der Waals surface area contributed by atoms with Crippen molar-refractivity contribution in [1.29, 1.82) is 0 Å². The number of nitrogens with zero attached hydrogens (tertiary/aromatic N) is 1. The minimum absolute atomic E-state index is 0.0410. The van der Waals surface area contributed by atoms with E-state index in [-0.39, 0.29) is 29.0 Å². The number of aryl methyl sites for hydroxylation is 1. The summed E-state index contributed by atoms with van der Waals surface area (Å²) in [5.41, 5.74) is 6.30. The Morgan fingerprint density at radius 3 is 2.79 bits per heavy atom. The van der Waals surface area contributed by atoms with E-state index in [0.29, 0.717) is 11.6 Å². The number of oxazole rings is 1. The Morgan fingerprint density at radius 1 is 1.38 bits per heavy atom. The number of carbonyl (C=O) groups is 2. The van der Waals surface area contributed by atoms with Crippen molar-refractivity contribution in [3.63, 3.8) is 0 Å². The van der Waals surface area contributed by atoms with Crippen LogP contribution < -0.4 is 11.1 Å². The van der Waals surface area contributed by atoms with Crippen molar-refractivity contribution in [2.45, 2.75) is 19.8 Å². The monoisotopic (exact) mass is 509 g/mol. The molecule has 0 atom stereocenters. The van der Waals surface area contributed by atoms with E-state index < -0.39 is 23.6 Å². The number of nitrogens with one attached hydrogen (secondary N) is 1. The number of esters is 1.